The van der Waals surface area contributed by atoms with Crippen LogP contribution in [0.5, 0.6) is 0 Å². The second-order valence-electron chi connectivity index (χ2n) is 2.26. The topological polar surface area (TPSA) is 12.9 Å². The van der Waals surface area contributed by atoms with Crippen molar-refractivity contribution in [3.8, 4) is 0 Å². The fraction of sp³-hybridized carbons (Fsp3) is 0.375. The average molecular weight is 279 g/mol. The molecule has 60 valence electrons. The van der Waals surface area contributed by atoms with Gasteiger partial charge in [0.25, 0.3) is 0 Å². The van der Waals surface area contributed by atoms with Gasteiger partial charge in [-0.05, 0) is 34.5 Å². The maximum absolute atomic E-state index is 4.31. The summed E-state index contributed by atoms with van der Waals surface area (Å²) in [5.74, 6) is 0. The minimum Gasteiger partial charge on any atom is -0.245 e. The minimum absolute atomic E-state index is 0.375. The zero-order valence-electron chi connectivity index (χ0n) is 6.22. The summed E-state index contributed by atoms with van der Waals surface area (Å²) in [6.07, 6.45) is 1.06. The second kappa shape index (κ2) is 4.21. The highest BCUT2D eigenvalue weighted by Crippen LogP contribution is 2.24. The Kier molecular flexibility index (Phi) is 3.52. The van der Waals surface area contributed by atoms with Crippen LogP contribution in [0, 0.1) is 0 Å². The molecular formula is C8H9Br2N. The summed E-state index contributed by atoms with van der Waals surface area (Å²) in [5.41, 5.74) is 1.09. The van der Waals surface area contributed by atoms with Crippen molar-refractivity contribution >= 4 is 31.9 Å². The molecule has 0 N–H and O–H groups in total. The number of aromatic nitrogens is 1. The molecule has 0 amide bonds. The van der Waals surface area contributed by atoms with E-state index >= 15 is 0 Å². The molecule has 1 atom stereocenters. The van der Waals surface area contributed by atoms with Crippen molar-refractivity contribution in [1.29, 1.82) is 0 Å². The molecule has 1 rings (SSSR count). The van der Waals surface area contributed by atoms with Gasteiger partial charge >= 0.3 is 0 Å². The average Bonchev–Trinajstić information content (AvgIpc) is 2.03. The Hall–Kier alpha value is 0.110. The molecule has 0 aliphatic heterocycles. The summed E-state index contributed by atoms with van der Waals surface area (Å²) in [6.45, 7) is 2.13. The zero-order valence-corrected chi connectivity index (χ0v) is 9.39. The molecule has 11 heavy (non-hydrogen) atoms. The van der Waals surface area contributed by atoms with E-state index in [4.69, 9.17) is 0 Å². The third kappa shape index (κ3) is 2.56. The van der Waals surface area contributed by atoms with E-state index in [0.29, 0.717) is 4.83 Å². The highest BCUT2D eigenvalue weighted by Gasteiger charge is 2.04. The Labute approximate surface area is 83.5 Å². The molecule has 3 heteroatoms. The number of nitrogens with zero attached hydrogens (tertiary/aromatic N) is 1. The van der Waals surface area contributed by atoms with Crippen molar-refractivity contribution in [1.82, 2.24) is 4.98 Å². The van der Waals surface area contributed by atoms with Gasteiger partial charge in [0.2, 0.25) is 0 Å². The molecule has 0 aliphatic rings. The molecule has 1 aromatic rings. The van der Waals surface area contributed by atoms with Gasteiger partial charge < -0.3 is 0 Å². The first-order chi connectivity index (χ1) is 5.24. The Morgan fingerprint density at radius 2 is 2.27 bits per heavy atom. The molecule has 1 nitrogen and oxygen atoms in total. The SMILES string of the molecule is CCC(Br)c1cccc(Br)n1. The molecule has 0 spiro atoms. The standard InChI is InChI=1S/C8H9Br2N/c1-2-6(9)7-4-3-5-8(10)11-7/h3-6H,2H2,1H3. The van der Waals surface area contributed by atoms with Gasteiger partial charge in [-0.2, -0.15) is 0 Å². The van der Waals surface area contributed by atoms with E-state index in [0.717, 1.165) is 16.7 Å². The normalized spacial score (nSPS) is 13.0. The van der Waals surface area contributed by atoms with Crippen LogP contribution in [0.2, 0.25) is 0 Å². The van der Waals surface area contributed by atoms with Crippen molar-refractivity contribution in [3.63, 3.8) is 0 Å². The second-order valence-corrected chi connectivity index (χ2v) is 4.18. The summed E-state index contributed by atoms with van der Waals surface area (Å²) in [6, 6.07) is 5.95. The van der Waals surface area contributed by atoms with E-state index in [1.807, 2.05) is 18.2 Å². The molecule has 0 fully saturated rings. The Morgan fingerprint density at radius 1 is 1.55 bits per heavy atom. The molecule has 0 aliphatic carbocycles. The van der Waals surface area contributed by atoms with Gasteiger partial charge in [-0.15, -0.1) is 0 Å². The lowest BCUT2D eigenvalue weighted by molar-refractivity contribution is 0.868. The first kappa shape index (κ1) is 9.20. The van der Waals surface area contributed by atoms with Crippen LogP contribution in [0.3, 0.4) is 0 Å². The van der Waals surface area contributed by atoms with Crippen LogP contribution in [-0.4, -0.2) is 4.98 Å². The number of hydrogen-bond donors (Lipinski definition) is 0. The van der Waals surface area contributed by atoms with Crippen LogP contribution in [0.1, 0.15) is 23.9 Å². The van der Waals surface area contributed by atoms with Crippen molar-refractivity contribution < 1.29 is 0 Å². The van der Waals surface area contributed by atoms with Crippen molar-refractivity contribution in [2.45, 2.75) is 18.2 Å². The third-order valence-corrected chi connectivity index (χ3v) is 2.97. The highest BCUT2D eigenvalue weighted by atomic mass is 79.9. The van der Waals surface area contributed by atoms with E-state index < -0.39 is 0 Å². The van der Waals surface area contributed by atoms with Gasteiger partial charge in [-0.3, -0.25) is 0 Å². The van der Waals surface area contributed by atoms with E-state index in [9.17, 15) is 0 Å². The molecule has 1 heterocycles. The van der Waals surface area contributed by atoms with Crippen LogP contribution in [-0.2, 0) is 0 Å². The quantitative estimate of drug-likeness (QED) is 0.594. The monoisotopic (exact) mass is 277 g/mol. The molecule has 1 aromatic heterocycles. The number of rotatable bonds is 2. The minimum atomic E-state index is 0.375. The lowest BCUT2D eigenvalue weighted by Gasteiger charge is -2.04. The van der Waals surface area contributed by atoms with Crippen molar-refractivity contribution in [2.24, 2.45) is 0 Å². The van der Waals surface area contributed by atoms with E-state index in [-0.39, 0.29) is 0 Å². The van der Waals surface area contributed by atoms with Crippen molar-refractivity contribution in [3.05, 3.63) is 28.5 Å². The predicted octanol–water partition coefficient (Wildman–Crippen LogP) is 3.69. The summed E-state index contributed by atoms with van der Waals surface area (Å²) < 4.78 is 0.896. The van der Waals surface area contributed by atoms with Gasteiger partial charge in [-0.1, -0.05) is 28.9 Å². The maximum atomic E-state index is 4.31. The molecule has 0 bridgehead atoms. The predicted molar refractivity (Wildman–Crippen MR) is 53.9 cm³/mol. The van der Waals surface area contributed by atoms with Gasteiger partial charge in [0, 0.05) is 0 Å². The van der Waals surface area contributed by atoms with E-state index in [1.165, 1.54) is 0 Å². The third-order valence-electron chi connectivity index (χ3n) is 1.42. The summed E-state index contributed by atoms with van der Waals surface area (Å²) in [7, 11) is 0. The molecule has 1 unspecified atom stereocenters. The molecular weight excluding hydrogens is 270 g/mol. The van der Waals surface area contributed by atoms with Gasteiger partial charge in [0.05, 0.1) is 10.5 Å². The van der Waals surface area contributed by atoms with Crippen LogP contribution in [0.15, 0.2) is 22.8 Å². The fourth-order valence-corrected chi connectivity index (χ4v) is 1.42. The number of hydrogen-bond acceptors (Lipinski definition) is 1. The molecule has 0 saturated carbocycles. The maximum Gasteiger partial charge on any atom is 0.106 e. The van der Waals surface area contributed by atoms with E-state index in [1.54, 1.807) is 0 Å². The first-order valence-electron chi connectivity index (χ1n) is 3.50. The Balaban J connectivity index is 2.86. The first-order valence-corrected chi connectivity index (χ1v) is 5.21. The van der Waals surface area contributed by atoms with Gasteiger partial charge in [0.1, 0.15) is 4.60 Å². The molecule has 0 aromatic carbocycles. The lowest BCUT2D eigenvalue weighted by atomic mass is 10.2. The summed E-state index contributed by atoms with van der Waals surface area (Å²) >= 11 is 6.86. The van der Waals surface area contributed by atoms with Gasteiger partial charge in [-0.25, -0.2) is 4.98 Å². The van der Waals surface area contributed by atoms with E-state index in [2.05, 4.69) is 43.8 Å². The van der Waals surface area contributed by atoms with Crippen LogP contribution in [0.25, 0.3) is 0 Å². The number of pyridine rings is 1. The van der Waals surface area contributed by atoms with Gasteiger partial charge in [0.15, 0.2) is 0 Å². The number of halogens is 2. The summed E-state index contributed by atoms with van der Waals surface area (Å²) in [4.78, 5) is 4.69. The smallest absolute Gasteiger partial charge is 0.106 e. The van der Waals surface area contributed by atoms with Crippen LogP contribution >= 0.6 is 31.9 Å². The highest BCUT2D eigenvalue weighted by molar-refractivity contribution is 9.10. The van der Waals surface area contributed by atoms with Crippen LogP contribution < -0.4 is 0 Å². The summed E-state index contributed by atoms with van der Waals surface area (Å²) in [5, 5.41) is 0. The molecule has 0 saturated heterocycles. The van der Waals surface area contributed by atoms with Crippen LogP contribution in [0.4, 0.5) is 0 Å². The largest absolute Gasteiger partial charge is 0.245 e. The fourth-order valence-electron chi connectivity index (χ4n) is 0.808. The lowest BCUT2D eigenvalue weighted by Crippen LogP contribution is -1.91. The number of alkyl halides is 1. The van der Waals surface area contributed by atoms with Crippen molar-refractivity contribution in [2.75, 3.05) is 0 Å². The molecule has 0 radical (unpaired) electrons. The zero-order chi connectivity index (χ0) is 8.27. The Morgan fingerprint density at radius 3 is 2.82 bits per heavy atom. The Bertz CT molecular complexity index is 237.